The fourth-order valence-electron chi connectivity index (χ4n) is 5.83. The fourth-order valence-corrected chi connectivity index (χ4v) is 6.71. The van der Waals surface area contributed by atoms with Gasteiger partial charge in [-0.05, 0) is 76.8 Å². The van der Waals surface area contributed by atoms with E-state index in [4.69, 9.17) is 0 Å². The van der Waals surface area contributed by atoms with E-state index in [0.717, 1.165) is 16.7 Å². The first-order chi connectivity index (χ1) is 18.5. The summed E-state index contributed by atoms with van der Waals surface area (Å²) < 4.78 is 37.6. The van der Waals surface area contributed by atoms with E-state index in [-0.39, 0.29) is 64.3 Å². The maximum atomic E-state index is 13.6. The van der Waals surface area contributed by atoms with E-state index in [1.807, 2.05) is 12.1 Å². The minimum absolute atomic E-state index is 0.00905. The highest BCUT2D eigenvalue weighted by Gasteiger charge is 2.46. The molecule has 2 unspecified atom stereocenters. The Morgan fingerprint density at radius 3 is 2.13 bits per heavy atom. The third-order valence-electron chi connectivity index (χ3n) is 8.09. The van der Waals surface area contributed by atoms with Crippen LogP contribution in [0.3, 0.4) is 0 Å². The lowest BCUT2D eigenvalue weighted by Gasteiger charge is -2.30. The summed E-state index contributed by atoms with van der Waals surface area (Å²) in [6, 6.07) is 20.5. The molecule has 4 rings (SSSR count). The lowest BCUT2D eigenvalue weighted by atomic mass is 9.73. The van der Waals surface area contributed by atoms with Crippen LogP contribution in [0, 0.1) is 23.6 Å². The summed E-state index contributed by atoms with van der Waals surface area (Å²) in [5, 5.41) is 2.88. The highest BCUT2D eigenvalue weighted by molar-refractivity contribution is 7.91. The summed E-state index contributed by atoms with van der Waals surface area (Å²) in [7, 11) is -3.26. The van der Waals surface area contributed by atoms with Gasteiger partial charge in [-0.2, -0.15) is 0 Å². The molecule has 0 spiro atoms. The van der Waals surface area contributed by atoms with Gasteiger partial charge in [-0.1, -0.05) is 64.1 Å². The van der Waals surface area contributed by atoms with Gasteiger partial charge < -0.3 is 5.32 Å². The smallest absolute Gasteiger partial charge is 0.251 e. The van der Waals surface area contributed by atoms with E-state index < -0.39 is 9.84 Å². The number of Topliss-reactive ketones (excluding diaryl/α,β-unsaturated/α-hetero) is 1. The van der Waals surface area contributed by atoms with Crippen LogP contribution < -0.4 is 5.32 Å². The zero-order chi connectivity index (χ0) is 28.3. The molecule has 0 aliphatic heterocycles. The van der Waals surface area contributed by atoms with Crippen LogP contribution >= 0.6 is 0 Å². The quantitative estimate of drug-likeness (QED) is 0.340. The molecular weight excluding hydrogens is 513 g/mol. The molecule has 7 heteroatoms. The number of benzene rings is 3. The second-order valence-electron chi connectivity index (χ2n) is 10.8. The van der Waals surface area contributed by atoms with Crippen LogP contribution in [0.4, 0.5) is 4.39 Å². The molecule has 0 radical (unpaired) electrons. The zero-order valence-electron chi connectivity index (χ0n) is 22.9. The highest BCUT2D eigenvalue weighted by Crippen LogP contribution is 2.50. The number of rotatable bonds is 9. The fraction of sp³-hybridized carbons (Fsp3) is 0.375. The molecule has 1 saturated carbocycles. The van der Waals surface area contributed by atoms with Gasteiger partial charge in [-0.25, -0.2) is 12.8 Å². The molecule has 0 bridgehead atoms. The van der Waals surface area contributed by atoms with Gasteiger partial charge in [-0.15, -0.1) is 0 Å². The first-order valence-corrected chi connectivity index (χ1v) is 15.1. The van der Waals surface area contributed by atoms with Gasteiger partial charge in [0.2, 0.25) is 0 Å². The summed E-state index contributed by atoms with van der Waals surface area (Å²) in [6.07, 6.45) is 0.479. The summed E-state index contributed by atoms with van der Waals surface area (Å²) in [6.45, 7) is 8.15. The minimum atomic E-state index is -3.26. The average molecular weight is 550 g/mol. The Labute approximate surface area is 230 Å². The molecule has 3 aromatic carbocycles. The molecule has 5 nitrogen and oxygen atoms in total. The molecule has 1 fully saturated rings. The number of halogens is 1. The molecule has 1 N–H and O–H groups in total. The van der Waals surface area contributed by atoms with Gasteiger partial charge in [0.25, 0.3) is 5.91 Å². The number of carbonyl (C=O) groups is 2. The topological polar surface area (TPSA) is 80.3 Å². The van der Waals surface area contributed by atoms with Gasteiger partial charge in [0.15, 0.2) is 9.84 Å². The highest BCUT2D eigenvalue weighted by atomic mass is 32.2. The largest absolute Gasteiger partial charge is 0.348 e. The van der Waals surface area contributed by atoms with Crippen molar-refractivity contribution in [3.05, 3.63) is 101 Å². The lowest BCUT2D eigenvalue weighted by Crippen LogP contribution is -2.24. The van der Waals surface area contributed by atoms with E-state index in [2.05, 4.69) is 26.1 Å². The predicted molar refractivity (Wildman–Crippen MR) is 151 cm³/mol. The van der Waals surface area contributed by atoms with Crippen molar-refractivity contribution in [2.75, 3.05) is 5.75 Å². The Morgan fingerprint density at radius 1 is 0.949 bits per heavy atom. The maximum absolute atomic E-state index is 13.6. The van der Waals surface area contributed by atoms with Crippen molar-refractivity contribution < 1.29 is 22.4 Å². The Kier molecular flexibility index (Phi) is 8.70. The third kappa shape index (κ3) is 6.30. The van der Waals surface area contributed by atoms with E-state index in [1.165, 1.54) is 12.1 Å². The van der Waals surface area contributed by atoms with Crippen molar-refractivity contribution in [3.8, 4) is 0 Å². The number of carbonyl (C=O) groups excluding carboxylic acids is 2. The molecule has 1 aliphatic carbocycles. The van der Waals surface area contributed by atoms with Crippen molar-refractivity contribution in [1.29, 1.82) is 0 Å². The molecular formula is C32H36FNO4S. The third-order valence-corrected chi connectivity index (χ3v) is 9.84. The van der Waals surface area contributed by atoms with Crippen LogP contribution in [0.1, 0.15) is 73.0 Å². The molecule has 0 saturated heterocycles. The Morgan fingerprint density at radius 2 is 1.56 bits per heavy atom. The van der Waals surface area contributed by atoms with Crippen LogP contribution in [-0.2, 0) is 21.2 Å². The normalized spacial score (nSPS) is 20.3. The van der Waals surface area contributed by atoms with Gasteiger partial charge in [0, 0.05) is 24.4 Å². The molecule has 0 aromatic heterocycles. The van der Waals surface area contributed by atoms with Crippen molar-refractivity contribution in [3.63, 3.8) is 0 Å². The Hall–Kier alpha value is -3.32. The van der Waals surface area contributed by atoms with Gasteiger partial charge in [0.1, 0.15) is 11.6 Å². The number of amides is 1. The molecule has 3 aromatic rings. The number of hydrogen-bond acceptors (Lipinski definition) is 4. The summed E-state index contributed by atoms with van der Waals surface area (Å²) >= 11 is 0. The minimum Gasteiger partial charge on any atom is -0.348 e. The van der Waals surface area contributed by atoms with Crippen LogP contribution in [0.5, 0.6) is 0 Å². The molecule has 206 valence electrons. The molecule has 1 amide bonds. The number of nitrogens with one attached hydrogen (secondary N) is 1. The number of ketones is 1. The second-order valence-corrected chi connectivity index (χ2v) is 13.1. The van der Waals surface area contributed by atoms with Crippen LogP contribution in [0.2, 0.25) is 0 Å². The predicted octanol–water partition coefficient (Wildman–Crippen LogP) is 6.30. The van der Waals surface area contributed by atoms with Crippen molar-refractivity contribution in [2.45, 2.75) is 57.4 Å². The summed E-state index contributed by atoms with van der Waals surface area (Å²) in [4.78, 5) is 26.1. The molecule has 1 aliphatic rings. The SMILES string of the molecule is CCS(=O)(=O)c1ccc(CNC(=O)c2ccc(C(C)C3CC(=O)[C@H](C(C)C)[C@H]3c3ccc(F)cc3)cc2)cc1. The maximum Gasteiger partial charge on any atom is 0.251 e. The summed E-state index contributed by atoms with van der Waals surface area (Å²) in [5.41, 5.74) is 3.37. The summed E-state index contributed by atoms with van der Waals surface area (Å²) in [5.74, 6) is 0.0235. The number of sulfone groups is 1. The van der Waals surface area contributed by atoms with Crippen LogP contribution in [0.15, 0.2) is 77.7 Å². The molecule has 4 atom stereocenters. The number of hydrogen-bond donors (Lipinski definition) is 1. The van der Waals surface area contributed by atoms with E-state index in [1.54, 1.807) is 55.5 Å². The monoisotopic (exact) mass is 549 g/mol. The van der Waals surface area contributed by atoms with Crippen molar-refractivity contribution in [1.82, 2.24) is 5.32 Å². The zero-order valence-corrected chi connectivity index (χ0v) is 23.7. The van der Waals surface area contributed by atoms with Gasteiger partial charge in [0.05, 0.1) is 10.6 Å². The van der Waals surface area contributed by atoms with E-state index >= 15 is 0 Å². The molecule has 39 heavy (non-hydrogen) atoms. The molecule has 0 heterocycles. The van der Waals surface area contributed by atoms with Crippen LogP contribution in [-0.4, -0.2) is 25.9 Å². The first-order valence-electron chi connectivity index (χ1n) is 13.5. The van der Waals surface area contributed by atoms with Gasteiger partial charge >= 0.3 is 0 Å². The van der Waals surface area contributed by atoms with Crippen molar-refractivity contribution >= 4 is 21.5 Å². The first kappa shape index (κ1) is 28.7. The van der Waals surface area contributed by atoms with Gasteiger partial charge in [-0.3, -0.25) is 9.59 Å². The second kappa shape index (κ2) is 11.8. The lowest BCUT2D eigenvalue weighted by molar-refractivity contribution is -0.122. The average Bonchev–Trinajstić information content (AvgIpc) is 3.29. The van der Waals surface area contributed by atoms with Crippen molar-refractivity contribution in [2.24, 2.45) is 17.8 Å². The Bertz CT molecular complexity index is 1410. The Balaban J connectivity index is 1.45. The van der Waals surface area contributed by atoms with E-state index in [0.29, 0.717) is 12.0 Å². The standard InChI is InChI=1S/C32H36FNO4S/c1-5-39(37,38)27-16-6-22(7-17-27)19-34-32(36)25-10-8-23(9-11-25)21(4)28-18-29(35)30(20(2)3)31(28)24-12-14-26(33)15-13-24/h6-17,20-21,28,30-31H,5,18-19H2,1-4H3,(H,34,36)/t21?,28?,30-,31-/m0/s1. The van der Waals surface area contributed by atoms with Crippen LogP contribution in [0.25, 0.3) is 0 Å². The van der Waals surface area contributed by atoms with E-state index in [9.17, 15) is 22.4 Å².